The van der Waals surface area contributed by atoms with E-state index < -0.39 is 0 Å². The standard InChI is InChI=1S/C23H24N6O/c1-27-14-12-24-22(27)21-11-4-5-13-29(21)23(30)20-16-28(26-25-20)15-18-9-6-8-17-7-2-3-10-19(17)18/h2-3,6-10,12,14,16,21H,4-5,11,13,15H2,1H3/t21-/m0/s1. The van der Waals surface area contributed by atoms with Crippen molar-refractivity contribution in [3.63, 3.8) is 0 Å². The van der Waals surface area contributed by atoms with E-state index in [0.29, 0.717) is 18.8 Å². The number of aromatic nitrogens is 5. The highest BCUT2D eigenvalue weighted by molar-refractivity contribution is 5.92. The molecule has 0 N–H and O–H groups in total. The molecule has 0 aliphatic carbocycles. The van der Waals surface area contributed by atoms with Crippen molar-refractivity contribution in [1.82, 2.24) is 29.4 Å². The highest BCUT2D eigenvalue weighted by atomic mass is 16.2. The summed E-state index contributed by atoms with van der Waals surface area (Å²) >= 11 is 0. The van der Waals surface area contributed by atoms with Crippen LogP contribution in [0.1, 0.15) is 47.2 Å². The molecule has 1 aliphatic heterocycles. The van der Waals surface area contributed by atoms with E-state index in [0.717, 1.165) is 30.7 Å². The fourth-order valence-electron chi connectivity index (χ4n) is 4.37. The number of hydrogen-bond acceptors (Lipinski definition) is 4. The number of imidazole rings is 1. The summed E-state index contributed by atoms with van der Waals surface area (Å²) in [7, 11) is 1.97. The van der Waals surface area contributed by atoms with E-state index in [2.05, 4.69) is 39.6 Å². The van der Waals surface area contributed by atoms with E-state index in [9.17, 15) is 4.79 Å². The lowest BCUT2D eigenvalue weighted by Gasteiger charge is -2.34. The van der Waals surface area contributed by atoms with Crippen LogP contribution in [0.2, 0.25) is 0 Å². The Morgan fingerprint density at radius 1 is 1.13 bits per heavy atom. The van der Waals surface area contributed by atoms with Gasteiger partial charge in [0.1, 0.15) is 5.82 Å². The predicted octanol–water partition coefficient (Wildman–Crippen LogP) is 3.58. The van der Waals surface area contributed by atoms with Crippen molar-refractivity contribution in [2.75, 3.05) is 6.54 Å². The third kappa shape index (κ3) is 3.36. The summed E-state index contributed by atoms with van der Waals surface area (Å²) in [6.07, 6.45) is 8.47. The van der Waals surface area contributed by atoms with Crippen molar-refractivity contribution in [1.29, 1.82) is 0 Å². The molecule has 1 saturated heterocycles. The lowest BCUT2D eigenvalue weighted by Crippen LogP contribution is -2.39. The molecule has 7 heteroatoms. The quantitative estimate of drug-likeness (QED) is 0.525. The van der Waals surface area contributed by atoms with Gasteiger partial charge in [0.05, 0.1) is 18.8 Å². The molecular formula is C23H24N6O. The van der Waals surface area contributed by atoms with Crippen molar-refractivity contribution in [2.45, 2.75) is 31.8 Å². The molecule has 4 aromatic rings. The molecular weight excluding hydrogens is 376 g/mol. The van der Waals surface area contributed by atoms with Crippen LogP contribution in [0.15, 0.2) is 61.1 Å². The van der Waals surface area contributed by atoms with Crippen molar-refractivity contribution in [2.24, 2.45) is 7.05 Å². The highest BCUT2D eigenvalue weighted by Gasteiger charge is 2.32. The number of carbonyl (C=O) groups is 1. The number of nitrogens with zero attached hydrogens (tertiary/aromatic N) is 6. The molecule has 152 valence electrons. The third-order valence-electron chi connectivity index (χ3n) is 5.89. The minimum Gasteiger partial charge on any atom is -0.336 e. The van der Waals surface area contributed by atoms with Crippen LogP contribution < -0.4 is 0 Å². The van der Waals surface area contributed by atoms with Crippen molar-refractivity contribution < 1.29 is 4.79 Å². The van der Waals surface area contributed by atoms with Crippen LogP contribution >= 0.6 is 0 Å². The van der Waals surface area contributed by atoms with Gasteiger partial charge >= 0.3 is 0 Å². The summed E-state index contributed by atoms with van der Waals surface area (Å²) in [5.41, 5.74) is 1.54. The lowest BCUT2D eigenvalue weighted by atomic mass is 10.0. The number of carbonyl (C=O) groups excluding carboxylic acids is 1. The minimum atomic E-state index is -0.0770. The van der Waals surface area contributed by atoms with E-state index in [1.165, 1.54) is 10.8 Å². The molecule has 5 rings (SSSR count). The number of amides is 1. The van der Waals surface area contributed by atoms with Crippen molar-refractivity contribution in [3.05, 3.63) is 78.1 Å². The average Bonchev–Trinajstić information content (AvgIpc) is 3.42. The van der Waals surface area contributed by atoms with Gasteiger partial charge in [0.15, 0.2) is 5.69 Å². The predicted molar refractivity (Wildman–Crippen MR) is 114 cm³/mol. The number of hydrogen-bond donors (Lipinski definition) is 0. The van der Waals surface area contributed by atoms with E-state index in [-0.39, 0.29) is 11.9 Å². The zero-order chi connectivity index (χ0) is 20.5. The summed E-state index contributed by atoms with van der Waals surface area (Å²) in [6.45, 7) is 1.29. The lowest BCUT2D eigenvalue weighted by molar-refractivity contribution is 0.0590. The maximum Gasteiger partial charge on any atom is 0.276 e. The van der Waals surface area contributed by atoms with Crippen molar-refractivity contribution in [3.8, 4) is 0 Å². The largest absolute Gasteiger partial charge is 0.336 e. The fourth-order valence-corrected chi connectivity index (χ4v) is 4.37. The van der Waals surface area contributed by atoms with Gasteiger partial charge < -0.3 is 9.47 Å². The molecule has 1 aliphatic rings. The van der Waals surface area contributed by atoms with E-state index in [1.807, 2.05) is 40.9 Å². The first kappa shape index (κ1) is 18.5. The Morgan fingerprint density at radius 2 is 2.00 bits per heavy atom. The van der Waals surface area contributed by atoms with Gasteiger partial charge in [-0.05, 0) is 35.6 Å². The Morgan fingerprint density at radius 3 is 2.87 bits per heavy atom. The van der Waals surface area contributed by atoms with Gasteiger partial charge in [0, 0.05) is 26.0 Å². The van der Waals surface area contributed by atoms with Gasteiger partial charge in [-0.15, -0.1) is 5.10 Å². The molecule has 0 saturated carbocycles. The SMILES string of the molecule is Cn1ccnc1[C@@H]1CCCCN1C(=O)c1cn(Cc2cccc3ccccc23)nn1. The number of piperidine rings is 1. The Bertz CT molecular complexity index is 1190. The second-order valence-electron chi connectivity index (χ2n) is 7.85. The van der Waals surface area contributed by atoms with Gasteiger partial charge in [-0.2, -0.15) is 0 Å². The zero-order valence-corrected chi connectivity index (χ0v) is 17.0. The van der Waals surface area contributed by atoms with Crippen LogP contribution in [0, 0.1) is 0 Å². The van der Waals surface area contributed by atoms with Gasteiger partial charge in [-0.3, -0.25) is 4.79 Å². The molecule has 3 heterocycles. The molecule has 2 aromatic heterocycles. The first-order valence-electron chi connectivity index (χ1n) is 10.4. The molecule has 1 atom stereocenters. The topological polar surface area (TPSA) is 68.8 Å². The zero-order valence-electron chi connectivity index (χ0n) is 17.0. The first-order chi connectivity index (χ1) is 14.7. The van der Waals surface area contributed by atoms with Crippen LogP contribution in [0.4, 0.5) is 0 Å². The minimum absolute atomic E-state index is 0.0190. The average molecular weight is 400 g/mol. The summed E-state index contributed by atoms with van der Waals surface area (Å²) in [5, 5.41) is 10.8. The molecule has 2 aromatic carbocycles. The molecule has 0 radical (unpaired) electrons. The Balaban J connectivity index is 1.39. The normalized spacial score (nSPS) is 16.8. The highest BCUT2D eigenvalue weighted by Crippen LogP contribution is 2.30. The van der Waals surface area contributed by atoms with Gasteiger partial charge in [-0.25, -0.2) is 9.67 Å². The Labute approximate surface area is 174 Å². The van der Waals surface area contributed by atoms with E-state index >= 15 is 0 Å². The van der Waals surface area contributed by atoms with Crippen molar-refractivity contribution >= 4 is 16.7 Å². The molecule has 7 nitrogen and oxygen atoms in total. The maximum atomic E-state index is 13.3. The molecule has 30 heavy (non-hydrogen) atoms. The van der Waals surface area contributed by atoms with Crippen LogP contribution in [0.25, 0.3) is 10.8 Å². The van der Waals surface area contributed by atoms with Gasteiger partial charge in [-0.1, -0.05) is 47.7 Å². The Hall–Kier alpha value is -3.48. The second kappa shape index (κ2) is 7.74. The summed E-state index contributed by atoms with van der Waals surface area (Å²) < 4.78 is 3.74. The van der Waals surface area contributed by atoms with E-state index in [4.69, 9.17) is 0 Å². The number of benzene rings is 2. The smallest absolute Gasteiger partial charge is 0.276 e. The molecule has 0 unspecified atom stereocenters. The molecule has 1 amide bonds. The molecule has 1 fully saturated rings. The second-order valence-corrected chi connectivity index (χ2v) is 7.85. The number of rotatable bonds is 4. The summed E-state index contributed by atoms with van der Waals surface area (Å²) in [6, 6.07) is 14.5. The van der Waals surface area contributed by atoms with E-state index in [1.54, 1.807) is 17.1 Å². The van der Waals surface area contributed by atoms with Crippen LogP contribution in [0.3, 0.4) is 0 Å². The summed E-state index contributed by atoms with van der Waals surface area (Å²) in [4.78, 5) is 19.7. The van der Waals surface area contributed by atoms with Crippen LogP contribution in [-0.2, 0) is 13.6 Å². The molecule has 0 spiro atoms. The van der Waals surface area contributed by atoms with Crippen LogP contribution in [0.5, 0.6) is 0 Å². The van der Waals surface area contributed by atoms with Crippen LogP contribution in [-0.4, -0.2) is 41.9 Å². The third-order valence-corrected chi connectivity index (χ3v) is 5.89. The maximum absolute atomic E-state index is 13.3. The van der Waals surface area contributed by atoms with Gasteiger partial charge in [0.25, 0.3) is 5.91 Å². The Kier molecular flexibility index (Phi) is 4.78. The van der Waals surface area contributed by atoms with Gasteiger partial charge in [0.2, 0.25) is 0 Å². The monoisotopic (exact) mass is 400 g/mol. The number of fused-ring (bicyclic) bond motifs is 1. The summed E-state index contributed by atoms with van der Waals surface area (Å²) in [5.74, 6) is 0.845. The first-order valence-corrected chi connectivity index (χ1v) is 10.4. The number of aryl methyl sites for hydroxylation is 1. The fraction of sp³-hybridized carbons (Fsp3) is 0.304. The molecule has 0 bridgehead atoms. The number of likely N-dealkylation sites (tertiary alicyclic amines) is 1.